The van der Waals surface area contributed by atoms with E-state index in [4.69, 9.17) is 28.4 Å². The average Bonchev–Trinajstić information content (AvgIpc) is 3.71. The highest BCUT2D eigenvalue weighted by molar-refractivity contribution is 5.79. The first-order valence-corrected chi connectivity index (χ1v) is 24.7. The lowest BCUT2D eigenvalue weighted by molar-refractivity contribution is -0.361. The van der Waals surface area contributed by atoms with Crippen molar-refractivity contribution in [1.82, 2.24) is 0 Å². The summed E-state index contributed by atoms with van der Waals surface area (Å²) in [6.07, 6.45) is -18.5. The normalized spacial score (nSPS) is 55.1. The van der Waals surface area contributed by atoms with Crippen LogP contribution in [0, 0.1) is 62.6 Å². The molecular formula is C48H76O20. The third kappa shape index (κ3) is 7.93. The molecule has 8 aliphatic rings. The van der Waals surface area contributed by atoms with Crippen molar-refractivity contribution in [3.05, 3.63) is 0 Å². The summed E-state index contributed by atoms with van der Waals surface area (Å²) < 4.78 is 34.5. The third-order valence-corrected chi connectivity index (χ3v) is 20.1. The molecule has 27 atom stereocenters. The quantitative estimate of drug-likeness (QED) is 0.0905. The van der Waals surface area contributed by atoms with Crippen LogP contribution < -0.4 is 0 Å². The number of aldehydes is 1. The summed E-state index contributed by atoms with van der Waals surface area (Å²) in [6.45, 7) is 10.5. The molecule has 0 spiro atoms. The molecule has 388 valence electrons. The number of carbonyl (C=O) groups is 3. The molecule has 0 bridgehead atoms. The first kappa shape index (κ1) is 52.3. The molecule has 8 fully saturated rings. The van der Waals surface area contributed by atoms with Crippen molar-refractivity contribution in [3.8, 4) is 0 Å². The van der Waals surface area contributed by atoms with E-state index in [0.29, 0.717) is 38.5 Å². The van der Waals surface area contributed by atoms with Gasteiger partial charge in [-0.15, -0.1) is 0 Å². The van der Waals surface area contributed by atoms with Gasteiger partial charge in [-0.25, -0.2) is 0 Å². The second kappa shape index (κ2) is 18.8. The topological polar surface area (TPSA) is 329 Å². The number of carboxylic acids is 1. The predicted octanol–water partition coefficient (Wildman–Crippen LogP) is -0.652. The smallest absolute Gasteiger partial charge is 0.314 e. The Labute approximate surface area is 396 Å². The van der Waals surface area contributed by atoms with Gasteiger partial charge in [0.2, 0.25) is 6.29 Å². The van der Waals surface area contributed by atoms with Gasteiger partial charge in [0.1, 0.15) is 73.4 Å². The first-order valence-electron chi connectivity index (χ1n) is 24.7. The summed E-state index contributed by atoms with van der Waals surface area (Å²) in [5, 5.41) is 118. The summed E-state index contributed by atoms with van der Waals surface area (Å²) in [7, 11) is 0. The van der Waals surface area contributed by atoms with Gasteiger partial charge < -0.3 is 89.4 Å². The number of rotatable bonds is 11. The predicted molar refractivity (Wildman–Crippen MR) is 231 cm³/mol. The third-order valence-electron chi connectivity index (χ3n) is 20.1. The fourth-order valence-electron chi connectivity index (χ4n) is 15.8. The Bertz CT molecular complexity index is 1860. The van der Waals surface area contributed by atoms with Crippen molar-refractivity contribution in [1.29, 1.82) is 0 Å². The maximum atomic E-state index is 15.0. The lowest BCUT2D eigenvalue weighted by Crippen LogP contribution is -2.68. The number of carboxylic acid groups (broad SMARTS) is 1. The van der Waals surface area contributed by atoms with Crippen molar-refractivity contribution in [3.63, 3.8) is 0 Å². The zero-order valence-corrected chi connectivity index (χ0v) is 39.9. The van der Waals surface area contributed by atoms with E-state index in [9.17, 15) is 65.8 Å². The van der Waals surface area contributed by atoms with Crippen LogP contribution in [0.2, 0.25) is 0 Å². The van der Waals surface area contributed by atoms with Crippen molar-refractivity contribution < 1.29 is 99.0 Å². The van der Waals surface area contributed by atoms with Crippen LogP contribution in [-0.4, -0.2) is 186 Å². The van der Waals surface area contributed by atoms with Gasteiger partial charge >= 0.3 is 11.9 Å². The maximum absolute atomic E-state index is 15.0. The number of hydrogen-bond acceptors (Lipinski definition) is 19. The van der Waals surface area contributed by atoms with Gasteiger partial charge in [0.25, 0.3) is 0 Å². The number of aliphatic hydroxyl groups excluding tert-OH is 10. The van der Waals surface area contributed by atoms with Crippen LogP contribution >= 0.6 is 0 Å². The average molecular weight is 973 g/mol. The highest BCUT2D eigenvalue weighted by atomic mass is 16.8. The number of carbonyl (C=O) groups excluding carboxylic acids is 2. The second-order valence-electron chi connectivity index (χ2n) is 23.0. The molecule has 5 saturated carbocycles. The Kier molecular flexibility index (Phi) is 14.5. The second-order valence-corrected chi connectivity index (χ2v) is 23.0. The van der Waals surface area contributed by atoms with E-state index in [0.717, 1.165) is 32.0 Å². The van der Waals surface area contributed by atoms with Crippen molar-refractivity contribution in [2.45, 2.75) is 204 Å². The molecule has 3 saturated heterocycles. The molecule has 8 rings (SSSR count). The minimum Gasteiger partial charge on any atom is -0.481 e. The molecule has 0 aromatic heterocycles. The van der Waals surface area contributed by atoms with Crippen LogP contribution in [0.3, 0.4) is 0 Å². The maximum Gasteiger partial charge on any atom is 0.314 e. The largest absolute Gasteiger partial charge is 0.481 e. The summed E-state index contributed by atoms with van der Waals surface area (Å²) in [4.78, 5) is 40.5. The zero-order chi connectivity index (χ0) is 49.8. The summed E-state index contributed by atoms with van der Waals surface area (Å²) in [5.41, 5.74) is -2.85. The molecule has 20 nitrogen and oxygen atoms in total. The van der Waals surface area contributed by atoms with Gasteiger partial charge in [-0.3, -0.25) is 9.59 Å². The van der Waals surface area contributed by atoms with E-state index in [1.165, 1.54) is 6.92 Å². The zero-order valence-electron chi connectivity index (χ0n) is 39.9. The van der Waals surface area contributed by atoms with Crippen LogP contribution in [0.5, 0.6) is 0 Å². The Morgan fingerprint density at radius 1 is 0.676 bits per heavy atom. The molecular weight excluding hydrogens is 897 g/mol. The highest BCUT2D eigenvalue weighted by Gasteiger charge is 2.73. The first-order chi connectivity index (χ1) is 31.9. The van der Waals surface area contributed by atoms with E-state index >= 15 is 4.79 Å². The lowest BCUT2D eigenvalue weighted by Gasteiger charge is -2.72. The Morgan fingerprint density at radius 2 is 1.32 bits per heavy atom. The van der Waals surface area contributed by atoms with Gasteiger partial charge in [-0.2, -0.15) is 0 Å². The standard InChI is InChI=1S/C48H76O20/c1-20(39(60)61)22-9-14-48(16-15-46(5)23(29(22)48)7-8-27-44(3)12-11-28(51)45(4,19-50)26(44)10-13-47(27,46)6)43(62)68-42-36(58)33(55)31(53)25(66-42)18-63-40-37(59)34(56)38(24(17-49)65-40)67-41-35(57)32(54)30(52)21(2)64-41/h19-38,40-42,49,51-59H,7-18H2,1-6H3,(H,60,61). The molecule has 3 aliphatic heterocycles. The Hall–Kier alpha value is -1.99. The van der Waals surface area contributed by atoms with Crippen molar-refractivity contribution in [2.75, 3.05) is 13.2 Å². The minimum absolute atomic E-state index is 0.00468. The van der Waals surface area contributed by atoms with Crippen LogP contribution in [0.4, 0.5) is 0 Å². The van der Waals surface area contributed by atoms with E-state index in [2.05, 4.69) is 20.8 Å². The highest BCUT2D eigenvalue weighted by Crippen LogP contribution is 2.77. The van der Waals surface area contributed by atoms with Crippen LogP contribution in [0.1, 0.15) is 106 Å². The SMILES string of the molecule is CC1OC(OC2C(CO)OC(OCC3OC(OC(=O)C45CCC(C(C)C(=O)O)C4C4CCC6C7(C)CCC(O)C(C)(C=O)C7CCC6(C)C4(C)CC5)C(O)C(O)C3O)C(O)C2O)C(O)C(O)C1O. The van der Waals surface area contributed by atoms with E-state index in [-0.39, 0.29) is 39.9 Å². The molecule has 11 N–H and O–H groups in total. The molecule has 5 aliphatic carbocycles. The molecule has 0 amide bonds. The number of aliphatic carboxylic acids is 1. The van der Waals surface area contributed by atoms with Crippen molar-refractivity contribution >= 4 is 18.2 Å². The number of fused-ring (bicyclic) bond motifs is 7. The van der Waals surface area contributed by atoms with E-state index < -0.39 is 146 Å². The lowest BCUT2D eigenvalue weighted by atomic mass is 9.32. The fourth-order valence-corrected chi connectivity index (χ4v) is 15.8. The minimum atomic E-state index is -1.92. The number of aliphatic hydroxyl groups is 10. The fraction of sp³-hybridized carbons (Fsp3) is 0.938. The van der Waals surface area contributed by atoms with Gasteiger partial charge in [-0.1, -0.05) is 34.6 Å². The van der Waals surface area contributed by atoms with Gasteiger partial charge in [0.05, 0.1) is 42.2 Å². The molecule has 68 heavy (non-hydrogen) atoms. The van der Waals surface area contributed by atoms with Crippen LogP contribution in [-0.2, 0) is 42.8 Å². The molecule has 0 aromatic rings. The number of esters is 1. The van der Waals surface area contributed by atoms with Gasteiger partial charge in [-0.05, 0) is 117 Å². The summed E-state index contributed by atoms with van der Waals surface area (Å²) in [6, 6.07) is 0. The Morgan fingerprint density at radius 3 is 1.99 bits per heavy atom. The molecule has 0 radical (unpaired) electrons. The number of hydrogen-bond donors (Lipinski definition) is 11. The van der Waals surface area contributed by atoms with Crippen LogP contribution in [0.25, 0.3) is 0 Å². The summed E-state index contributed by atoms with van der Waals surface area (Å²) >= 11 is 0. The molecule has 3 heterocycles. The van der Waals surface area contributed by atoms with Gasteiger partial charge in [0.15, 0.2) is 12.6 Å². The Balaban J connectivity index is 0.985. The van der Waals surface area contributed by atoms with Crippen molar-refractivity contribution in [2.24, 2.45) is 62.6 Å². The van der Waals surface area contributed by atoms with E-state index in [1.54, 1.807) is 6.92 Å². The summed E-state index contributed by atoms with van der Waals surface area (Å²) in [5.74, 6) is -3.18. The van der Waals surface area contributed by atoms with Gasteiger partial charge in [0, 0.05) is 0 Å². The molecule has 20 heteroatoms. The monoisotopic (exact) mass is 972 g/mol. The number of ether oxygens (including phenoxy) is 6. The molecule has 27 unspecified atom stereocenters. The van der Waals surface area contributed by atoms with Crippen LogP contribution in [0.15, 0.2) is 0 Å². The molecule has 0 aromatic carbocycles. The van der Waals surface area contributed by atoms with E-state index in [1.807, 2.05) is 6.92 Å².